The van der Waals surface area contributed by atoms with Gasteiger partial charge in [0, 0.05) is 11.6 Å². The van der Waals surface area contributed by atoms with Gasteiger partial charge in [-0.15, -0.1) is 11.3 Å². The van der Waals surface area contributed by atoms with Gasteiger partial charge in [-0.2, -0.15) is 0 Å². The van der Waals surface area contributed by atoms with Crippen molar-refractivity contribution >= 4 is 21.2 Å². The summed E-state index contributed by atoms with van der Waals surface area (Å²) in [7, 11) is -3.40. The molecule has 0 aliphatic carbocycles. The molecule has 15 heavy (non-hydrogen) atoms. The molecule has 0 unspecified atom stereocenters. The quantitative estimate of drug-likeness (QED) is 0.807. The molecule has 0 spiro atoms. The first-order chi connectivity index (χ1) is 7.10. The van der Waals surface area contributed by atoms with Gasteiger partial charge in [-0.3, -0.25) is 0 Å². The largest absolute Gasteiger partial charge is 0.233 e. The Kier molecular flexibility index (Phi) is 2.58. The zero-order valence-electron chi connectivity index (χ0n) is 8.04. The van der Waals surface area contributed by atoms with Gasteiger partial charge in [-0.05, 0) is 19.1 Å². The predicted molar refractivity (Wildman–Crippen MR) is 58.7 cm³/mol. The zero-order chi connectivity index (χ0) is 10.9. The van der Waals surface area contributed by atoms with E-state index in [0.717, 1.165) is 16.9 Å². The van der Waals surface area contributed by atoms with Crippen LogP contribution in [-0.2, 0) is 9.84 Å². The fourth-order valence-corrected chi connectivity index (χ4v) is 3.38. The third-order valence-corrected chi connectivity index (χ3v) is 4.94. The van der Waals surface area contributed by atoms with E-state index in [4.69, 9.17) is 0 Å². The molecule has 1 aromatic heterocycles. The van der Waals surface area contributed by atoms with Crippen LogP contribution in [-0.4, -0.2) is 13.4 Å². The van der Waals surface area contributed by atoms with Crippen LogP contribution in [0.5, 0.6) is 0 Å². The number of aryl methyl sites for hydroxylation is 1. The second kappa shape index (κ2) is 3.75. The number of nitrogens with zero attached hydrogens (tertiary/aromatic N) is 1. The van der Waals surface area contributed by atoms with E-state index in [9.17, 15) is 8.42 Å². The normalized spacial score (nSPS) is 11.5. The van der Waals surface area contributed by atoms with E-state index in [1.54, 1.807) is 29.6 Å². The second-order valence-electron chi connectivity index (χ2n) is 3.11. The zero-order valence-corrected chi connectivity index (χ0v) is 9.68. The molecule has 1 aromatic carbocycles. The number of sulfone groups is 1. The van der Waals surface area contributed by atoms with E-state index in [1.807, 2.05) is 6.92 Å². The summed E-state index contributed by atoms with van der Waals surface area (Å²) in [5.41, 5.74) is 1.04. The van der Waals surface area contributed by atoms with Gasteiger partial charge in [-0.25, -0.2) is 13.4 Å². The van der Waals surface area contributed by atoms with Gasteiger partial charge >= 0.3 is 0 Å². The minimum Gasteiger partial charge on any atom is -0.233 e. The summed E-state index contributed by atoms with van der Waals surface area (Å²) in [6.07, 6.45) is 1.49. The van der Waals surface area contributed by atoms with E-state index in [-0.39, 0.29) is 4.34 Å². The van der Waals surface area contributed by atoms with Crippen molar-refractivity contribution in [3.8, 4) is 0 Å². The summed E-state index contributed by atoms with van der Waals surface area (Å²) >= 11 is 1.13. The van der Waals surface area contributed by atoms with Crippen molar-refractivity contribution in [1.82, 2.24) is 4.98 Å². The Morgan fingerprint density at radius 1 is 1.20 bits per heavy atom. The number of aromatic nitrogens is 1. The van der Waals surface area contributed by atoms with Gasteiger partial charge in [0.2, 0.25) is 14.2 Å². The lowest BCUT2D eigenvalue weighted by atomic mass is 10.2. The molecule has 0 N–H and O–H groups in total. The summed E-state index contributed by atoms with van der Waals surface area (Å²) in [5.74, 6) is 0. The number of hydrogen-bond acceptors (Lipinski definition) is 4. The number of rotatable bonds is 2. The average Bonchev–Trinajstić information content (AvgIpc) is 2.71. The summed E-state index contributed by atoms with van der Waals surface area (Å²) < 4.78 is 24.1. The van der Waals surface area contributed by atoms with Gasteiger partial charge in [0.15, 0.2) is 0 Å². The second-order valence-corrected chi connectivity index (χ2v) is 6.13. The molecule has 1 heterocycles. The topological polar surface area (TPSA) is 47.0 Å². The first-order valence-electron chi connectivity index (χ1n) is 4.32. The third-order valence-electron chi connectivity index (χ3n) is 1.97. The smallest absolute Gasteiger partial charge is 0.233 e. The predicted octanol–water partition coefficient (Wildman–Crippen LogP) is 2.28. The van der Waals surface area contributed by atoms with Crippen molar-refractivity contribution in [3.63, 3.8) is 0 Å². The van der Waals surface area contributed by atoms with E-state index in [2.05, 4.69) is 4.98 Å². The summed E-state index contributed by atoms with van der Waals surface area (Å²) in [6.45, 7) is 1.92. The van der Waals surface area contributed by atoms with Crippen LogP contribution in [0.25, 0.3) is 0 Å². The van der Waals surface area contributed by atoms with Crippen molar-refractivity contribution in [3.05, 3.63) is 41.4 Å². The third kappa shape index (κ3) is 1.93. The lowest BCUT2D eigenvalue weighted by Crippen LogP contribution is -2.00. The Hall–Kier alpha value is -1.20. The Balaban J connectivity index is 2.52. The molecule has 0 atom stereocenters. The molecular weight excluding hydrogens is 230 g/mol. The summed E-state index contributed by atoms with van der Waals surface area (Å²) in [6, 6.07) is 6.76. The molecule has 0 radical (unpaired) electrons. The van der Waals surface area contributed by atoms with Crippen LogP contribution >= 0.6 is 11.3 Å². The lowest BCUT2D eigenvalue weighted by molar-refractivity contribution is 0.595. The van der Waals surface area contributed by atoms with Crippen LogP contribution in [0.3, 0.4) is 0 Å². The maximum atomic E-state index is 12.0. The molecule has 0 saturated carbocycles. The molecule has 0 aliphatic rings. The average molecular weight is 239 g/mol. The first kappa shape index (κ1) is 10.3. The maximum Gasteiger partial charge on any atom is 0.233 e. The molecule has 5 heteroatoms. The number of hydrogen-bond donors (Lipinski definition) is 0. The van der Waals surface area contributed by atoms with Gasteiger partial charge < -0.3 is 0 Å². The molecule has 0 saturated heterocycles. The highest BCUT2D eigenvalue weighted by Crippen LogP contribution is 2.22. The fraction of sp³-hybridized carbons (Fsp3) is 0.100. The monoisotopic (exact) mass is 239 g/mol. The van der Waals surface area contributed by atoms with Crippen LogP contribution in [0, 0.1) is 6.92 Å². The van der Waals surface area contributed by atoms with Crippen molar-refractivity contribution in [2.75, 3.05) is 0 Å². The Morgan fingerprint density at radius 2 is 1.87 bits per heavy atom. The van der Waals surface area contributed by atoms with E-state index < -0.39 is 9.84 Å². The van der Waals surface area contributed by atoms with Crippen LogP contribution < -0.4 is 0 Å². The minimum absolute atomic E-state index is 0.145. The highest BCUT2D eigenvalue weighted by Gasteiger charge is 2.19. The molecule has 0 aliphatic heterocycles. The highest BCUT2D eigenvalue weighted by molar-refractivity contribution is 7.93. The highest BCUT2D eigenvalue weighted by atomic mass is 32.2. The maximum absolute atomic E-state index is 12.0. The van der Waals surface area contributed by atoms with Crippen molar-refractivity contribution < 1.29 is 8.42 Å². The lowest BCUT2D eigenvalue weighted by Gasteiger charge is -2.00. The standard InChI is InChI=1S/C10H9NO2S2/c1-8-2-4-9(5-3-8)15(12,13)10-11-6-7-14-10/h2-7H,1H3. The molecule has 0 bridgehead atoms. The Bertz CT molecular complexity index is 542. The van der Waals surface area contributed by atoms with E-state index >= 15 is 0 Å². The molecule has 2 aromatic rings. The van der Waals surface area contributed by atoms with E-state index in [0.29, 0.717) is 4.90 Å². The Morgan fingerprint density at radius 3 is 2.40 bits per heavy atom. The van der Waals surface area contributed by atoms with Crippen LogP contribution in [0.2, 0.25) is 0 Å². The summed E-state index contributed by atoms with van der Waals surface area (Å²) in [4.78, 5) is 4.11. The molecule has 0 fully saturated rings. The summed E-state index contributed by atoms with van der Waals surface area (Å²) in [5, 5.41) is 1.65. The Labute approximate surface area is 92.3 Å². The van der Waals surface area contributed by atoms with Gasteiger partial charge in [0.1, 0.15) is 0 Å². The molecule has 78 valence electrons. The van der Waals surface area contributed by atoms with Crippen LogP contribution in [0.15, 0.2) is 45.1 Å². The van der Waals surface area contributed by atoms with Crippen molar-refractivity contribution in [2.45, 2.75) is 16.2 Å². The molecule has 2 rings (SSSR count). The number of thiazole rings is 1. The molecule has 3 nitrogen and oxygen atoms in total. The molecule has 0 amide bonds. The SMILES string of the molecule is Cc1ccc(S(=O)(=O)c2nccs2)cc1. The van der Waals surface area contributed by atoms with Gasteiger partial charge in [0.05, 0.1) is 4.90 Å². The minimum atomic E-state index is -3.40. The fourth-order valence-electron chi connectivity index (χ4n) is 1.16. The van der Waals surface area contributed by atoms with E-state index in [1.165, 1.54) is 6.20 Å². The number of benzene rings is 1. The van der Waals surface area contributed by atoms with Crippen molar-refractivity contribution in [2.24, 2.45) is 0 Å². The van der Waals surface area contributed by atoms with Gasteiger partial charge in [-0.1, -0.05) is 17.7 Å². The molecular formula is C10H9NO2S2. The van der Waals surface area contributed by atoms with Gasteiger partial charge in [0.25, 0.3) is 0 Å². The first-order valence-corrected chi connectivity index (χ1v) is 6.68. The van der Waals surface area contributed by atoms with Crippen LogP contribution in [0.1, 0.15) is 5.56 Å². The van der Waals surface area contributed by atoms with Crippen LogP contribution in [0.4, 0.5) is 0 Å². The van der Waals surface area contributed by atoms with Crippen molar-refractivity contribution in [1.29, 1.82) is 0 Å².